The van der Waals surface area contributed by atoms with Crippen molar-refractivity contribution in [2.75, 3.05) is 43.6 Å². The van der Waals surface area contributed by atoms with Crippen LogP contribution in [0.1, 0.15) is 19.4 Å². The van der Waals surface area contributed by atoms with Crippen molar-refractivity contribution in [3.8, 4) is 0 Å². The lowest BCUT2D eigenvalue weighted by Crippen LogP contribution is -2.43. The van der Waals surface area contributed by atoms with Gasteiger partial charge in [-0.3, -0.25) is 4.79 Å². The van der Waals surface area contributed by atoms with Crippen molar-refractivity contribution >= 4 is 23.3 Å². The number of carbonyl (C=O) groups is 2. The van der Waals surface area contributed by atoms with Crippen LogP contribution in [0.4, 0.5) is 16.2 Å². The molecule has 2 aliphatic heterocycles. The number of nitrogens with one attached hydrogen (secondary N) is 1. The molecule has 0 bridgehead atoms. The number of benzene rings is 1. The molecule has 3 amide bonds. The Morgan fingerprint density at radius 2 is 1.95 bits per heavy atom. The fourth-order valence-corrected chi connectivity index (χ4v) is 3.02. The van der Waals surface area contributed by atoms with Crippen molar-refractivity contribution in [1.29, 1.82) is 0 Å². The zero-order valence-corrected chi connectivity index (χ0v) is 13.2. The van der Waals surface area contributed by atoms with Crippen LogP contribution in [0.25, 0.3) is 0 Å². The van der Waals surface area contributed by atoms with Gasteiger partial charge in [0.05, 0.1) is 18.6 Å². The van der Waals surface area contributed by atoms with Crippen molar-refractivity contribution in [1.82, 2.24) is 4.90 Å². The van der Waals surface area contributed by atoms with Crippen molar-refractivity contribution in [3.63, 3.8) is 0 Å². The van der Waals surface area contributed by atoms with Crippen molar-refractivity contribution in [3.05, 3.63) is 23.8 Å². The summed E-state index contributed by atoms with van der Waals surface area (Å²) in [5.74, 6) is 0.0687. The molecule has 0 radical (unpaired) electrons. The number of fused-ring (bicyclic) bond motifs is 1. The van der Waals surface area contributed by atoms with Gasteiger partial charge in [0.2, 0.25) is 5.91 Å². The van der Waals surface area contributed by atoms with E-state index in [0.717, 1.165) is 11.3 Å². The Balaban J connectivity index is 1.81. The third-order valence-corrected chi connectivity index (χ3v) is 4.42. The quantitative estimate of drug-likeness (QED) is 0.860. The molecule has 1 aromatic carbocycles. The lowest BCUT2D eigenvalue weighted by atomic mass is 9.86. The van der Waals surface area contributed by atoms with Gasteiger partial charge >= 0.3 is 6.03 Å². The van der Waals surface area contributed by atoms with Crippen LogP contribution in [0, 0.1) is 0 Å². The lowest BCUT2D eigenvalue weighted by molar-refractivity contribution is -0.121. The second kappa shape index (κ2) is 5.28. The maximum atomic E-state index is 12.3. The summed E-state index contributed by atoms with van der Waals surface area (Å²) < 4.78 is 5.25. The van der Waals surface area contributed by atoms with E-state index in [0.29, 0.717) is 32.0 Å². The summed E-state index contributed by atoms with van der Waals surface area (Å²) in [5, 5.41) is 2.91. The average Bonchev–Trinajstić information content (AvgIpc) is 2.69. The van der Waals surface area contributed by atoms with Crippen molar-refractivity contribution in [2.24, 2.45) is 0 Å². The minimum Gasteiger partial charge on any atom is -0.378 e. The van der Waals surface area contributed by atoms with Crippen molar-refractivity contribution in [2.45, 2.75) is 19.3 Å². The molecule has 3 rings (SSSR count). The number of urea groups is 1. The standard InChI is InChI=1S/C16H21N3O3/c1-16(2)12-10-11(4-5-13(12)18(3)14(16)20)17-15(21)19-6-8-22-9-7-19/h4-5,10H,6-9H2,1-3H3,(H,17,21). The lowest BCUT2D eigenvalue weighted by Gasteiger charge is -2.27. The van der Waals surface area contributed by atoms with E-state index in [2.05, 4.69) is 5.32 Å². The maximum Gasteiger partial charge on any atom is 0.321 e. The van der Waals surface area contributed by atoms with Crippen LogP contribution in [-0.2, 0) is 14.9 Å². The van der Waals surface area contributed by atoms with Gasteiger partial charge in [-0.05, 0) is 37.6 Å². The Morgan fingerprint density at radius 3 is 2.64 bits per heavy atom. The molecule has 0 aromatic heterocycles. The second-order valence-electron chi connectivity index (χ2n) is 6.25. The normalized spacial score (nSPS) is 20.0. The van der Waals surface area contributed by atoms with E-state index in [-0.39, 0.29) is 11.9 Å². The molecule has 1 N–H and O–H groups in total. The SMILES string of the molecule is CN1C(=O)C(C)(C)c2cc(NC(=O)N3CCOCC3)ccc21. The minimum absolute atomic E-state index is 0.0687. The monoisotopic (exact) mass is 303 g/mol. The number of amides is 3. The number of morpholine rings is 1. The first-order valence-corrected chi connectivity index (χ1v) is 7.47. The fraction of sp³-hybridized carbons (Fsp3) is 0.500. The summed E-state index contributed by atoms with van der Waals surface area (Å²) in [6, 6.07) is 5.49. The Hall–Kier alpha value is -2.08. The van der Waals surface area contributed by atoms with Gasteiger partial charge in [-0.15, -0.1) is 0 Å². The van der Waals surface area contributed by atoms with Crippen LogP contribution in [-0.4, -0.2) is 50.2 Å². The van der Waals surface area contributed by atoms with E-state index in [1.54, 1.807) is 16.8 Å². The zero-order valence-electron chi connectivity index (χ0n) is 13.2. The van der Waals surface area contributed by atoms with Gasteiger partial charge in [-0.2, -0.15) is 0 Å². The molecule has 0 aliphatic carbocycles. The number of rotatable bonds is 1. The Kier molecular flexibility index (Phi) is 3.56. The van der Waals surface area contributed by atoms with E-state index in [1.165, 1.54) is 0 Å². The Labute approximate surface area is 130 Å². The molecular weight excluding hydrogens is 282 g/mol. The summed E-state index contributed by atoms with van der Waals surface area (Å²) in [4.78, 5) is 27.9. The third kappa shape index (κ3) is 2.33. The van der Waals surface area contributed by atoms with Crippen LogP contribution in [0.3, 0.4) is 0 Å². The predicted molar refractivity (Wildman–Crippen MR) is 84.3 cm³/mol. The van der Waals surface area contributed by atoms with Gasteiger partial charge in [0.1, 0.15) is 0 Å². The molecule has 1 fully saturated rings. The molecule has 6 heteroatoms. The molecule has 22 heavy (non-hydrogen) atoms. The van der Waals surface area contributed by atoms with Gasteiger partial charge in [-0.1, -0.05) is 0 Å². The van der Waals surface area contributed by atoms with Crippen LogP contribution in [0.15, 0.2) is 18.2 Å². The molecule has 6 nitrogen and oxygen atoms in total. The molecule has 0 saturated carbocycles. The number of likely N-dealkylation sites (N-methyl/N-ethyl adjacent to an activating group) is 1. The predicted octanol–water partition coefficient (Wildman–Crippen LogP) is 1.80. The Morgan fingerprint density at radius 1 is 1.27 bits per heavy atom. The molecule has 1 saturated heterocycles. The molecule has 1 aromatic rings. The number of carbonyl (C=O) groups excluding carboxylic acids is 2. The maximum absolute atomic E-state index is 12.3. The smallest absolute Gasteiger partial charge is 0.321 e. The number of hydrogen-bond donors (Lipinski definition) is 1. The number of hydrogen-bond acceptors (Lipinski definition) is 3. The first kappa shape index (κ1) is 14.8. The van der Waals surface area contributed by atoms with E-state index in [4.69, 9.17) is 4.74 Å². The summed E-state index contributed by atoms with van der Waals surface area (Å²) in [5.41, 5.74) is 2.00. The molecule has 118 valence electrons. The second-order valence-corrected chi connectivity index (χ2v) is 6.25. The zero-order chi connectivity index (χ0) is 15.9. The first-order valence-electron chi connectivity index (χ1n) is 7.47. The highest BCUT2D eigenvalue weighted by Gasteiger charge is 2.42. The number of anilines is 2. The highest BCUT2D eigenvalue weighted by atomic mass is 16.5. The minimum atomic E-state index is -0.566. The average molecular weight is 303 g/mol. The van der Waals surface area contributed by atoms with Gasteiger partial charge in [0.25, 0.3) is 0 Å². The Bertz CT molecular complexity index is 621. The largest absolute Gasteiger partial charge is 0.378 e. The number of ether oxygens (including phenoxy) is 1. The molecule has 0 atom stereocenters. The molecular formula is C16H21N3O3. The molecule has 2 heterocycles. The molecule has 2 aliphatic rings. The van der Waals surface area contributed by atoms with E-state index < -0.39 is 5.41 Å². The van der Waals surface area contributed by atoms with Gasteiger partial charge in [-0.25, -0.2) is 4.79 Å². The highest BCUT2D eigenvalue weighted by Crippen LogP contribution is 2.41. The van der Waals surface area contributed by atoms with E-state index in [1.807, 2.05) is 32.0 Å². The van der Waals surface area contributed by atoms with Crippen LogP contribution in [0.2, 0.25) is 0 Å². The molecule has 0 unspecified atom stereocenters. The number of nitrogens with zero attached hydrogens (tertiary/aromatic N) is 2. The van der Waals surface area contributed by atoms with Gasteiger partial charge in [0.15, 0.2) is 0 Å². The van der Waals surface area contributed by atoms with Gasteiger partial charge in [0, 0.05) is 31.5 Å². The van der Waals surface area contributed by atoms with E-state index >= 15 is 0 Å². The third-order valence-electron chi connectivity index (χ3n) is 4.42. The topological polar surface area (TPSA) is 61.9 Å². The highest BCUT2D eigenvalue weighted by molar-refractivity contribution is 6.07. The van der Waals surface area contributed by atoms with Crippen LogP contribution < -0.4 is 10.2 Å². The summed E-state index contributed by atoms with van der Waals surface area (Å²) in [6.45, 7) is 6.16. The summed E-state index contributed by atoms with van der Waals surface area (Å²) in [6.07, 6.45) is 0. The van der Waals surface area contributed by atoms with Crippen LogP contribution in [0.5, 0.6) is 0 Å². The summed E-state index contributed by atoms with van der Waals surface area (Å²) >= 11 is 0. The fourth-order valence-electron chi connectivity index (χ4n) is 3.02. The van der Waals surface area contributed by atoms with E-state index in [9.17, 15) is 9.59 Å². The summed E-state index contributed by atoms with van der Waals surface area (Å²) in [7, 11) is 1.78. The molecule has 0 spiro atoms. The van der Waals surface area contributed by atoms with Crippen molar-refractivity contribution < 1.29 is 14.3 Å². The first-order chi connectivity index (χ1) is 10.4. The van der Waals surface area contributed by atoms with Gasteiger partial charge < -0.3 is 19.9 Å². The van der Waals surface area contributed by atoms with Crippen LogP contribution >= 0.6 is 0 Å².